The second-order valence-electron chi connectivity index (χ2n) is 9.97. The number of anilines is 3. The number of alkyl halides is 3. The van der Waals surface area contributed by atoms with Gasteiger partial charge in [0.2, 0.25) is 11.9 Å². The molecule has 1 amide bonds. The summed E-state index contributed by atoms with van der Waals surface area (Å²) in [7, 11) is -3.68. The van der Waals surface area contributed by atoms with E-state index in [1.165, 1.54) is 28.8 Å². The maximum Gasteiger partial charge on any atom is 0.422 e. The highest BCUT2D eigenvalue weighted by Crippen LogP contribution is 2.32. The minimum atomic E-state index is -4.61. The Kier molecular flexibility index (Phi) is 8.75. The van der Waals surface area contributed by atoms with Crippen molar-refractivity contribution in [2.45, 2.75) is 17.0 Å². The van der Waals surface area contributed by atoms with E-state index < -0.39 is 46.9 Å². The van der Waals surface area contributed by atoms with Gasteiger partial charge in [-0.25, -0.2) is 17.3 Å². The lowest BCUT2D eigenvalue weighted by atomic mass is 9.99. The Hall–Kier alpha value is -5.02. The van der Waals surface area contributed by atoms with Crippen molar-refractivity contribution < 1.29 is 40.6 Å². The van der Waals surface area contributed by atoms with Crippen LogP contribution < -0.4 is 15.4 Å². The highest BCUT2D eigenvalue weighted by Gasteiger charge is 2.29. The molecule has 45 heavy (non-hydrogen) atoms. The van der Waals surface area contributed by atoms with Gasteiger partial charge in [0.1, 0.15) is 11.6 Å². The number of aliphatic hydroxyl groups excluding tert-OH is 1. The third-order valence-electron chi connectivity index (χ3n) is 6.61. The first kappa shape index (κ1) is 31.4. The normalized spacial score (nSPS) is 12.6. The number of hydrogen-bond acceptors (Lipinski definition) is 8. The molecule has 0 bridgehead atoms. The van der Waals surface area contributed by atoms with Gasteiger partial charge in [-0.15, -0.1) is 5.10 Å². The summed E-state index contributed by atoms with van der Waals surface area (Å²) in [5, 5.41) is 19.5. The number of nitrogens with one attached hydrogen (secondary N) is 2. The molecule has 5 rings (SSSR count). The van der Waals surface area contributed by atoms with Gasteiger partial charge >= 0.3 is 6.18 Å². The van der Waals surface area contributed by atoms with E-state index in [0.29, 0.717) is 22.5 Å². The molecule has 0 saturated heterocycles. The number of aliphatic hydroxyl groups is 1. The quantitative estimate of drug-likeness (QED) is 0.174. The number of halogens is 4. The predicted octanol–water partition coefficient (Wildman–Crippen LogP) is 5.34. The average molecular weight is 644 g/mol. The molecule has 0 radical (unpaired) electrons. The number of benzene rings is 3. The molecule has 3 aromatic carbocycles. The molecule has 1 atom stereocenters. The van der Waals surface area contributed by atoms with E-state index in [9.17, 15) is 35.9 Å². The summed E-state index contributed by atoms with van der Waals surface area (Å²) in [6.07, 6.45) is -1.99. The van der Waals surface area contributed by atoms with Crippen molar-refractivity contribution in [2.75, 3.05) is 30.1 Å². The van der Waals surface area contributed by atoms with Crippen LogP contribution in [0.1, 0.15) is 11.5 Å². The number of sulfone groups is 1. The van der Waals surface area contributed by atoms with Crippen LogP contribution in [0.4, 0.5) is 34.9 Å². The van der Waals surface area contributed by atoms with Crippen molar-refractivity contribution in [3.63, 3.8) is 0 Å². The van der Waals surface area contributed by atoms with Gasteiger partial charge in [0.25, 0.3) is 0 Å². The van der Waals surface area contributed by atoms with E-state index in [1.807, 2.05) is 0 Å². The summed E-state index contributed by atoms with van der Waals surface area (Å²) in [6.45, 7) is -2.05. The fourth-order valence-electron chi connectivity index (χ4n) is 4.36. The number of carbonyl (C=O) groups excluding carboxylic acids is 1. The van der Waals surface area contributed by atoms with Crippen LogP contribution in [0.2, 0.25) is 0 Å². The minimum absolute atomic E-state index is 0.0210. The first-order chi connectivity index (χ1) is 21.3. The lowest BCUT2D eigenvalue weighted by molar-refractivity contribution is -0.153. The molecular formula is C30H25F4N5O5S. The third-order valence-corrected chi connectivity index (χ3v) is 7.72. The van der Waals surface area contributed by atoms with E-state index >= 15 is 0 Å². The fraction of sp³-hybridized carbons (Fsp3) is 0.167. The van der Waals surface area contributed by atoms with Crippen molar-refractivity contribution in [2.24, 2.45) is 0 Å². The monoisotopic (exact) mass is 643 g/mol. The van der Waals surface area contributed by atoms with Gasteiger partial charge in [-0.1, -0.05) is 24.3 Å². The molecule has 0 fully saturated rings. The molecule has 5 aromatic rings. The summed E-state index contributed by atoms with van der Waals surface area (Å²) in [4.78, 5) is 16.9. The van der Waals surface area contributed by atoms with Crippen LogP contribution in [0.25, 0.3) is 16.8 Å². The van der Waals surface area contributed by atoms with Crippen molar-refractivity contribution in [3.05, 3.63) is 96.4 Å². The summed E-state index contributed by atoms with van der Waals surface area (Å²) in [5.74, 6) is -2.06. The molecule has 0 aliphatic heterocycles. The SMILES string of the molecule is CS(=O)(=O)c1ccc(OCC(F)(F)F)c(Nc2nc3ccc(-c4ccc(NC(=O)C(CO)c5ccc(F)cc5)cc4)cn3n2)c1. The highest BCUT2D eigenvalue weighted by atomic mass is 32.2. The van der Waals surface area contributed by atoms with E-state index in [-0.39, 0.29) is 22.3 Å². The van der Waals surface area contributed by atoms with Crippen LogP contribution in [0.5, 0.6) is 5.75 Å². The highest BCUT2D eigenvalue weighted by molar-refractivity contribution is 7.90. The van der Waals surface area contributed by atoms with Crippen molar-refractivity contribution >= 4 is 38.7 Å². The van der Waals surface area contributed by atoms with E-state index in [0.717, 1.165) is 30.0 Å². The first-order valence-corrected chi connectivity index (χ1v) is 15.1. The molecule has 1 unspecified atom stereocenters. The second-order valence-corrected chi connectivity index (χ2v) is 12.0. The zero-order chi connectivity index (χ0) is 32.4. The number of ether oxygens (including phenoxy) is 1. The molecule has 0 saturated carbocycles. The number of rotatable bonds is 10. The Balaban J connectivity index is 1.33. The molecular weight excluding hydrogens is 618 g/mol. The number of carbonyl (C=O) groups is 1. The predicted molar refractivity (Wildman–Crippen MR) is 158 cm³/mol. The van der Waals surface area contributed by atoms with Crippen LogP contribution in [0, 0.1) is 5.82 Å². The maximum absolute atomic E-state index is 13.2. The van der Waals surface area contributed by atoms with E-state index in [1.54, 1.807) is 42.6 Å². The number of nitrogens with zero attached hydrogens (tertiary/aromatic N) is 3. The number of amides is 1. The molecule has 2 heterocycles. The number of aromatic nitrogens is 3. The molecule has 3 N–H and O–H groups in total. The van der Waals surface area contributed by atoms with Crippen molar-refractivity contribution in [1.29, 1.82) is 0 Å². The van der Waals surface area contributed by atoms with Gasteiger partial charge < -0.3 is 20.5 Å². The van der Waals surface area contributed by atoms with Gasteiger partial charge in [-0.2, -0.15) is 18.2 Å². The first-order valence-electron chi connectivity index (χ1n) is 13.2. The zero-order valence-corrected chi connectivity index (χ0v) is 24.2. The molecule has 10 nitrogen and oxygen atoms in total. The Bertz CT molecular complexity index is 1950. The van der Waals surface area contributed by atoms with Crippen LogP contribution in [0.15, 0.2) is 90.0 Å². The molecule has 2 aromatic heterocycles. The lowest BCUT2D eigenvalue weighted by Crippen LogP contribution is -2.23. The molecule has 0 aliphatic carbocycles. The molecule has 0 aliphatic rings. The Morgan fingerprint density at radius 3 is 2.33 bits per heavy atom. The minimum Gasteiger partial charge on any atom is -0.482 e. The second kappa shape index (κ2) is 12.5. The largest absolute Gasteiger partial charge is 0.482 e. The third kappa shape index (κ3) is 7.74. The smallest absolute Gasteiger partial charge is 0.422 e. The fourth-order valence-corrected chi connectivity index (χ4v) is 5.01. The number of pyridine rings is 1. The molecule has 0 spiro atoms. The summed E-state index contributed by atoms with van der Waals surface area (Å²) in [6, 6.07) is 19.0. The van der Waals surface area contributed by atoms with Gasteiger partial charge in [0, 0.05) is 23.7 Å². The van der Waals surface area contributed by atoms with E-state index in [4.69, 9.17) is 4.74 Å². The molecule has 234 valence electrons. The van der Waals surface area contributed by atoms with Crippen LogP contribution in [-0.2, 0) is 14.6 Å². The Labute approximate surface area is 254 Å². The topological polar surface area (TPSA) is 135 Å². The van der Waals surface area contributed by atoms with E-state index in [2.05, 4.69) is 20.7 Å². The Morgan fingerprint density at radius 2 is 1.69 bits per heavy atom. The van der Waals surface area contributed by atoms with Gasteiger partial charge in [-0.3, -0.25) is 4.79 Å². The number of hydrogen-bond donors (Lipinski definition) is 3. The van der Waals surface area contributed by atoms with Gasteiger partial charge in [0.05, 0.1) is 23.1 Å². The number of fused-ring (bicyclic) bond motifs is 1. The molecule has 15 heteroatoms. The van der Waals surface area contributed by atoms with Crippen molar-refractivity contribution in [1.82, 2.24) is 14.6 Å². The van der Waals surface area contributed by atoms with Crippen LogP contribution in [0.3, 0.4) is 0 Å². The lowest BCUT2D eigenvalue weighted by Gasteiger charge is -2.15. The van der Waals surface area contributed by atoms with Crippen LogP contribution >= 0.6 is 0 Å². The standard InChI is InChI=1S/C30H25F4N5O5S/c1-45(42,43)23-11-12-26(44-17-30(32,33)34)25(14-23)36-29-37-27-13-6-20(15-39(27)38-29)18-4-9-22(10-5-18)35-28(41)24(16-40)19-2-7-21(31)8-3-19/h2-15,24,40H,16-17H2,1H3,(H,35,41)(H,36,38). The zero-order valence-electron chi connectivity index (χ0n) is 23.4. The average Bonchev–Trinajstić information content (AvgIpc) is 3.39. The Morgan fingerprint density at radius 1 is 1.00 bits per heavy atom. The van der Waals surface area contributed by atoms with Crippen LogP contribution in [-0.4, -0.2) is 59.7 Å². The summed E-state index contributed by atoms with van der Waals surface area (Å²) >= 11 is 0. The maximum atomic E-state index is 13.2. The summed E-state index contributed by atoms with van der Waals surface area (Å²) in [5.41, 5.74) is 2.72. The van der Waals surface area contributed by atoms with Crippen molar-refractivity contribution in [3.8, 4) is 16.9 Å². The van der Waals surface area contributed by atoms with Gasteiger partial charge in [0.15, 0.2) is 22.1 Å². The van der Waals surface area contributed by atoms with Gasteiger partial charge in [-0.05, 0) is 65.7 Å². The summed E-state index contributed by atoms with van der Waals surface area (Å²) < 4.78 is 82.0.